The minimum absolute atomic E-state index is 0.212. The van der Waals surface area contributed by atoms with Crippen molar-refractivity contribution >= 4 is 57.6 Å². The molecule has 0 aliphatic carbocycles. The molecular formula is C13H13NO3S3. The zero-order valence-corrected chi connectivity index (χ0v) is 13.3. The second-order valence-corrected chi connectivity index (χ2v) is 7.25. The van der Waals surface area contributed by atoms with E-state index in [0.717, 1.165) is 16.6 Å². The smallest absolute Gasteiger partial charge is 0.327 e. The Hall–Kier alpha value is -1.18. The molecule has 1 amide bonds. The van der Waals surface area contributed by atoms with E-state index in [9.17, 15) is 14.7 Å². The van der Waals surface area contributed by atoms with E-state index >= 15 is 0 Å². The fourth-order valence-corrected chi connectivity index (χ4v) is 3.97. The lowest BCUT2D eigenvalue weighted by Crippen LogP contribution is -2.47. The Morgan fingerprint density at radius 3 is 2.70 bits per heavy atom. The van der Waals surface area contributed by atoms with Gasteiger partial charge < -0.3 is 5.11 Å². The molecule has 1 aliphatic heterocycles. The highest BCUT2D eigenvalue weighted by molar-refractivity contribution is 8.26. The van der Waals surface area contributed by atoms with E-state index in [1.165, 1.54) is 16.2 Å². The molecule has 2 rings (SSSR count). The number of rotatable bonds is 4. The third kappa shape index (κ3) is 2.94. The number of amides is 1. The number of thioether (sulfide) groups is 1. The first kappa shape index (κ1) is 15.2. The van der Waals surface area contributed by atoms with Gasteiger partial charge in [-0.15, -0.1) is 11.3 Å². The Bertz CT molecular complexity index is 578. The summed E-state index contributed by atoms with van der Waals surface area (Å²) in [7, 11) is 0. The Morgan fingerprint density at radius 2 is 2.20 bits per heavy atom. The van der Waals surface area contributed by atoms with Crippen LogP contribution in [0.3, 0.4) is 0 Å². The van der Waals surface area contributed by atoms with Crippen LogP contribution in [0.25, 0.3) is 6.08 Å². The number of carboxylic acid groups (broad SMARTS) is 1. The Balaban J connectivity index is 2.31. The SMILES string of the molecule is CC(C)[C@@H](C(=O)O)N1C(=O)/C(=C\c2cccs2)SC1=S. The molecule has 0 spiro atoms. The van der Waals surface area contributed by atoms with Crippen molar-refractivity contribution < 1.29 is 14.7 Å². The number of carboxylic acids is 1. The van der Waals surface area contributed by atoms with Gasteiger partial charge in [0, 0.05) is 4.88 Å². The van der Waals surface area contributed by atoms with Crippen molar-refractivity contribution in [3.63, 3.8) is 0 Å². The molecule has 0 saturated carbocycles. The van der Waals surface area contributed by atoms with Gasteiger partial charge in [-0.2, -0.15) is 0 Å². The lowest BCUT2D eigenvalue weighted by atomic mass is 10.0. The zero-order valence-electron chi connectivity index (χ0n) is 10.9. The molecule has 7 heteroatoms. The van der Waals surface area contributed by atoms with Gasteiger partial charge in [0.05, 0.1) is 4.91 Å². The second kappa shape index (κ2) is 6.07. The monoisotopic (exact) mass is 327 g/mol. The van der Waals surface area contributed by atoms with Crippen molar-refractivity contribution in [2.24, 2.45) is 5.92 Å². The maximum absolute atomic E-state index is 12.4. The van der Waals surface area contributed by atoms with Gasteiger partial charge in [0.2, 0.25) is 0 Å². The molecule has 0 unspecified atom stereocenters. The Labute approximate surface area is 130 Å². The number of nitrogens with zero attached hydrogens (tertiary/aromatic N) is 1. The molecule has 0 radical (unpaired) electrons. The van der Waals surface area contributed by atoms with Gasteiger partial charge in [0.25, 0.3) is 5.91 Å². The quantitative estimate of drug-likeness (QED) is 0.680. The van der Waals surface area contributed by atoms with Gasteiger partial charge in [-0.05, 0) is 23.4 Å². The Kier molecular flexibility index (Phi) is 4.62. The molecule has 106 valence electrons. The third-order valence-corrected chi connectivity index (χ3v) is 4.95. The van der Waals surface area contributed by atoms with Gasteiger partial charge in [-0.3, -0.25) is 9.69 Å². The molecule has 20 heavy (non-hydrogen) atoms. The van der Waals surface area contributed by atoms with E-state index in [0.29, 0.717) is 9.23 Å². The number of carbonyl (C=O) groups excluding carboxylic acids is 1. The van der Waals surface area contributed by atoms with E-state index in [4.69, 9.17) is 12.2 Å². The van der Waals surface area contributed by atoms with Crippen LogP contribution in [0, 0.1) is 5.92 Å². The average Bonchev–Trinajstić information content (AvgIpc) is 2.93. The molecule has 2 heterocycles. The van der Waals surface area contributed by atoms with E-state index in [1.807, 2.05) is 17.5 Å². The van der Waals surface area contributed by atoms with E-state index in [2.05, 4.69) is 0 Å². The topological polar surface area (TPSA) is 57.6 Å². The first-order chi connectivity index (χ1) is 9.41. The molecule has 1 aromatic rings. The van der Waals surface area contributed by atoms with Crippen LogP contribution in [-0.2, 0) is 9.59 Å². The van der Waals surface area contributed by atoms with E-state index in [1.54, 1.807) is 19.9 Å². The van der Waals surface area contributed by atoms with Crippen LogP contribution < -0.4 is 0 Å². The fraction of sp³-hybridized carbons (Fsp3) is 0.308. The standard InChI is InChI=1S/C13H13NO3S3/c1-7(2)10(12(16)17)14-11(15)9(20-13(14)18)6-8-4-3-5-19-8/h3-7,10H,1-2H3,(H,16,17)/b9-6+/t10-/m0/s1. The summed E-state index contributed by atoms with van der Waals surface area (Å²) in [5.74, 6) is -1.57. The minimum Gasteiger partial charge on any atom is -0.480 e. The molecule has 1 fully saturated rings. The Morgan fingerprint density at radius 1 is 1.50 bits per heavy atom. The summed E-state index contributed by atoms with van der Waals surface area (Å²) in [5, 5.41) is 11.2. The number of carbonyl (C=O) groups is 2. The van der Waals surface area contributed by atoms with E-state index < -0.39 is 12.0 Å². The molecular weight excluding hydrogens is 314 g/mol. The lowest BCUT2D eigenvalue weighted by Gasteiger charge is -2.26. The summed E-state index contributed by atoms with van der Waals surface area (Å²) in [5.41, 5.74) is 0. The third-order valence-electron chi connectivity index (χ3n) is 2.80. The van der Waals surface area contributed by atoms with Crippen LogP contribution in [0.4, 0.5) is 0 Å². The molecule has 1 N–H and O–H groups in total. The molecule has 1 aliphatic rings. The minimum atomic E-state index is -1.03. The molecule has 4 nitrogen and oxygen atoms in total. The fourth-order valence-electron chi connectivity index (χ4n) is 1.92. The predicted octanol–water partition coefficient (Wildman–Crippen LogP) is 3.06. The van der Waals surface area contributed by atoms with Crippen molar-refractivity contribution in [1.29, 1.82) is 0 Å². The molecule has 1 atom stereocenters. The largest absolute Gasteiger partial charge is 0.480 e. The molecule has 0 bridgehead atoms. The van der Waals surface area contributed by atoms with Gasteiger partial charge >= 0.3 is 5.97 Å². The summed E-state index contributed by atoms with van der Waals surface area (Å²) in [6, 6.07) is 2.87. The van der Waals surface area contributed by atoms with Crippen LogP contribution in [-0.4, -0.2) is 32.2 Å². The molecule has 0 aromatic carbocycles. The summed E-state index contributed by atoms with van der Waals surface area (Å²) in [6.45, 7) is 3.53. The number of hydrogen-bond donors (Lipinski definition) is 1. The highest BCUT2D eigenvalue weighted by atomic mass is 32.2. The summed E-state index contributed by atoms with van der Waals surface area (Å²) < 4.78 is 0.305. The van der Waals surface area contributed by atoms with Gasteiger partial charge in [0.15, 0.2) is 0 Å². The van der Waals surface area contributed by atoms with Crippen molar-refractivity contribution in [2.75, 3.05) is 0 Å². The van der Waals surface area contributed by atoms with E-state index in [-0.39, 0.29) is 11.8 Å². The van der Waals surface area contributed by atoms with Crippen molar-refractivity contribution in [2.45, 2.75) is 19.9 Å². The van der Waals surface area contributed by atoms with Crippen molar-refractivity contribution in [3.8, 4) is 0 Å². The van der Waals surface area contributed by atoms with Crippen molar-refractivity contribution in [3.05, 3.63) is 27.3 Å². The lowest BCUT2D eigenvalue weighted by molar-refractivity contribution is -0.146. The second-order valence-electron chi connectivity index (χ2n) is 4.59. The van der Waals surface area contributed by atoms with Crippen molar-refractivity contribution in [1.82, 2.24) is 4.90 Å². The number of thiocarbonyl (C=S) groups is 1. The zero-order chi connectivity index (χ0) is 14.9. The molecule has 1 saturated heterocycles. The normalized spacial score (nSPS) is 19.1. The highest BCUT2D eigenvalue weighted by Gasteiger charge is 2.41. The summed E-state index contributed by atoms with van der Waals surface area (Å²) >= 11 is 7.84. The average molecular weight is 327 g/mol. The van der Waals surface area contributed by atoms with Gasteiger partial charge in [0.1, 0.15) is 10.4 Å². The number of hydrogen-bond acceptors (Lipinski definition) is 5. The van der Waals surface area contributed by atoms with Crippen LogP contribution in [0.15, 0.2) is 22.4 Å². The summed E-state index contributed by atoms with van der Waals surface area (Å²) in [4.78, 5) is 26.4. The van der Waals surface area contributed by atoms with Gasteiger partial charge in [-0.1, -0.05) is 43.9 Å². The first-order valence-electron chi connectivity index (χ1n) is 5.95. The molecule has 1 aromatic heterocycles. The predicted molar refractivity (Wildman–Crippen MR) is 85.6 cm³/mol. The van der Waals surface area contributed by atoms with Crippen LogP contribution in [0.5, 0.6) is 0 Å². The van der Waals surface area contributed by atoms with Crippen LogP contribution in [0.2, 0.25) is 0 Å². The summed E-state index contributed by atoms with van der Waals surface area (Å²) in [6.07, 6.45) is 1.75. The number of aliphatic carboxylic acids is 1. The maximum Gasteiger partial charge on any atom is 0.327 e. The van der Waals surface area contributed by atoms with Crippen LogP contribution in [0.1, 0.15) is 18.7 Å². The van der Waals surface area contributed by atoms with Gasteiger partial charge in [-0.25, -0.2) is 4.79 Å². The highest BCUT2D eigenvalue weighted by Crippen LogP contribution is 2.35. The van der Waals surface area contributed by atoms with Crippen LogP contribution >= 0.6 is 35.3 Å². The first-order valence-corrected chi connectivity index (χ1v) is 8.05. The number of thiophene rings is 1. The maximum atomic E-state index is 12.4.